The maximum absolute atomic E-state index is 12.6. The highest BCUT2D eigenvalue weighted by molar-refractivity contribution is 5.48. The highest BCUT2D eigenvalue weighted by Gasteiger charge is 2.14. The van der Waals surface area contributed by atoms with Gasteiger partial charge in [0.25, 0.3) is 0 Å². The van der Waals surface area contributed by atoms with E-state index >= 15 is 0 Å². The van der Waals surface area contributed by atoms with Crippen molar-refractivity contribution in [2.75, 3.05) is 5.73 Å². The molecule has 5 heteroatoms. The molecule has 2 nitrogen and oxygen atoms in total. The van der Waals surface area contributed by atoms with Gasteiger partial charge in [0.15, 0.2) is 17.5 Å². The van der Waals surface area contributed by atoms with Crippen molar-refractivity contribution in [1.29, 1.82) is 0 Å². The van der Waals surface area contributed by atoms with Crippen molar-refractivity contribution in [2.45, 2.75) is 6.54 Å². The molecule has 12 heavy (non-hydrogen) atoms. The van der Waals surface area contributed by atoms with E-state index in [2.05, 4.69) is 0 Å². The second-order valence-corrected chi connectivity index (χ2v) is 2.26. The highest BCUT2D eigenvalue weighted by Crippen LogP contribution is 2.21. The third-order valence-electron chi connectivity index (χ3n) is 1.51. The summed E-state index contributed by atoms with van der Waals surface area (Å²) >= 11 is 0. The summed E-state index contributed by atoms with van der Waals surface area (Å²) in [6.45, 7) is -0.125. The average Bonchev–Trinajstić information content (AvgIpc) is 2.08. The molecule has 66 valence electrons. The van der Waals surface area contributed by atoms with Crippen LogP contribution in [-0.2, 0) is 6.54 Å². The van der Waals surface area contributed by atoms with Crippen LogP contribution >= 0.6 is 0 Å². The molecule has 0 aliphatic rings. The molecular weight excluding hydrogens is 169 g/mol. The second-order valence-electron chi connectivity index (χ2n) is 2.26. The number of nitrogen functional groups attached to an aromatic ring is 1. The summed E-state index contributed by atoms with van der Waals surface area (Å²) in [7, 11) is 0. The van der Waals surface area contributed by atoms with Crippen LogP contribution in [0.1, 0.15) is 5.56 Å². The minimum atomic E-state index is -1.57. The minimum absolute atomic E-state index is 0.0615. The van der Waals surface area contributed by atoms with E-state index in [0.717, 1.165) is 6.07 Å². The van der Waals surface area contributed by atoms with Crippen LogP contribution in [0.5, 0.6) is 0 Å². The van der Waals surface area contributed by atoms with Crippen molar-refractivity contribution in [3.8, 4) is 0 Å². The van der Waals surface area contributed by atoms with Crippen LogP contribution in [0.3, 0.4) is 0 Å². The Kier molecular flexibility index (Phi) is 2.23. The SMILES string of the molecule is NCc1cc(F)c(F)c(F)c1N. The van der Waals surface area contributed by atoms with E-state index in [-0.39, 0.29) is 12.1 Å². The van der Waals surface area contributed by atoms with Crippen LogP contribution in [0, 0.1) is 17.5 Å². The first kappa shape index (κ1) is 8.86. The number of benzene rings is 1. The Morgan fingerprint density at radius 1 is 1.17 bits per heavy atom. The maximum Gasteiger partial charge on any atom is 0.196 e. The van der Waals surface area contributed by atoms with E-state index in [1.54, 1.807) is 0 Å². The third-order valence-corrected chi connectivity index (χ3v) is 1.51. The van der Waals surface area contributed by atoms with Gasteiger partial charge in [-0.05, 0) is 11.6 Å². The van der Waals surface area contributed by atoms with E-state index in [1.165, 1.54) is 0 Å². The van der Waals surface area contributed by atoms with Crippen molar-refractivity contribution in [3.05, 3.63) is 29.1 Å². The molecule has 1 aromatic rings. The van der Waals surface area contributed by atoms with Crippen molar-refractivity contribution in [3.63, 3.8) is 0 Å². The average molecular weight is 176 g/mol. The van der Waals surface area contributed by atoms with Gasteiger partial charge in [0.1, 0.15) is 0 Å². The standard InChI is InChI=1S/C7H7F3N2/c8-4-1-3(2-11)7(12)6(10)5(4)9/h1H,2,11-12H2. The Hall–Kier alpha value is -1.23. The fourth-order valence-electron chi connectivity index (χ4n) is 0.827. The first-order valence-corrected chi connectivity index (χ1v) is 3.19. The van der Waals surface area contributed by atoms with Crippen molar-refractivity contribution in [2.24, 2.45) is 5.73 Å². The summed E-state index contributed by atoms with van der Waals surface area (Å²) in [4.78, 5) is 0. The van der Waals surface area contributed by atoms with Crippen LogP contribution in [0.15, 0.2) is 6.07 Å². The molecule has 0 saturated carbocycles. The van der Waals surface area contributed by atoms with Crippen LogP contribution < -0.4 is 11.5 Å². The number of hydrogen-bond acceptors (Lipinski definition) is 2. The first-order valence-electron chi connectivity index (χ1n) is 3.19. The Bertz CT molecular complexity index is 312. The molecule has 0 spiro atoms. The van der Waals surface area contributed by atoms with Crippen molar-refractivity contribution >= 4 is 5.69 Å². The van der Waals surface area contributed by atoms with Gasteiger partial charge in [-0.1, -0.05) is 0 Å². The molecule has 0 unspecified atom stereocenters. The van der Waals surface area contributed by atoms with E-state index in [9.17, 15) is 13.2 Å². The number of anilines is 1. The van der Waals surface area contributed by atoms with Gasteiger partial charge in [0, 0.05) is 6.54 Å². The lowest BCUT2D eigenvalue weighted by atomic mass is 10.1. The lowest BCUT2D eigenvalue weighted by molar-refractivity contribution is 0.448. The maximum atomic E-state index is 12.6. The summed E-state index contributed by atoms with van der Waals surface area (Å²) in [5.41, 5.74) is 9.83. The molecule has 0 fully saturated rings. The third kappa shape index (κ3) is 1.23. The van der Waals surface area contributed by atoms with Crippen molar-refractivity contribution in [1.82, 2.24) is 0 Å². The summed E-state index contributed by atoms with van der Waals surface area (Å²) in [6, 6.07) is 0.785. The van der Waals surface area contributed by atoms with Gasteiger partial charge in [0.05, 0.1) is 5.69 Å². The Morgan fingerprint density at radius 2 is 1.75 bits per heavy atom. The van der Waals surface area contributed by atoms with E-state index in [1.807, 2.05) is 0 Å². The van der Waals surface area contributed by atoms with Gasteiger partial charge in [-0.25, -0.2) is 13.2 Å². The number of rotatable bonds is 1. The molecule has 0 atom stereocenters. The fraction of sp³-hybridized carbons (Fsp3) is 0.143. The van der Waals surface area contributed by atoms with E-state index in [4.69, 9.17) is 11.5 Å². The molecule has 0 aromatic heterocycles. The van der Waals surface area contributed by atoms with Gasteiger partial charge in [0.2, 0.25) is 0 Å². The monoisotopic (exact) mass is 176 g/mol. The summed E-state index contributed by atoms with van der Waals surface area (Å²) in [5.74, 6) is -4.22. The molecule has 0 amide bonds. The fourth-order valence-corrected chi connectivity index (χ4v) is 0.827. The zero-order valence-corrected chi connectivity index (χ0v) is 6.07. The van der Waals surface area contributed by atoms with Gasteiger partial charge in [-0.15, -0.1) is 0 Å². The normalized spacial score (nSPS) is 10.3. The molecule has 1 aromatic carbocycles. The van der Waals surface area contributed by atoms with Gasteiger partial charge in [-0.2, -0.15) is 0 Å². The van der Waals surface area contributed by atoms with Crippen LogP contribution in [0.25, 0.3) is 0 Å². The topological polar surface area (TPSA) is 52.0 Å². The van der Waals surface area contributed by atoms with E-state index < -0.39 is 23.1 Å². The lowest BCUT2D eigenvalue weighted by Crippen LogP contribution is -2.07. The van der Waals surface area contributed by atoms with Gasteiger partial charge < -0.3 is 11.5 Å². The van der Waals surface area contributed by atoms with Crippen LogP contribution in [0.2, 0.25) is 0 Å². The molecule has 1 rings (SSSR count). The quantitative estimate of drug-likeness (QED) is 0.498. The predicted molar refractivity (Wildman–Crippen MR) is 38.6 cm³/mol. The molecule has 0 heterocycles. The Morgan fingerprint density at radius 3 is 2.25 bits per heavy atom. The summed E-state index contributed by atoms with van der Waals surface area (Å²) in [5, 5.41) is 0. The smallest absolute Gasteiger partial charge is 0.196 e. The molecular formula is C7H7F3N2. The molecule has 4 N–H and O–H groups in total. The first-order chi connectivity index (χ1) is 5.57. The van der Waals surface area contributed by atoms with Gasteiger partial charge >= 0.3 is 0 Å². The Balaban J connectivity index is 3.39. The predicted octanol–water partition coefficient (Wildman–Crippen LogP) is 1.14. The molecule has 0 aliphatic carbocycles. The van der Waals surface area contributed by atoms with Crippen molar-refractivity contribution < 1.29 is 13.2 Å². The zero-order chi connectivity index (χ0) is 9.30. The minimum Gasteiger partial charge on any atom is -0.396 e. The molecule has 0 saturated heterocycles. The second kappa shape index (κ2) is 3.02. The molecule has 0 bridgehead atoms. The largest absolute Gasteiger partial charge is 0.396 e. The Labute approximate surface area is 67.0 Å². The lowest BCUT2D eigenvalue weighted by Gasteiger charge is -2.04. The molecule has 0 aliphatic heterocycles. The number of hydrogen-bond donors (Lipinski definition) is 2. The summed E-state index contributed by atoms with van der Waals surface area (Å²) < 4.78 is 37.6. The van der Waals surface area contributed by atoms with E-state index in [0.29, 0.717) is 0 Å². The zero-order valence-electron chi connectivity index (χ0n) is 6.07. The number of nitrogens with two attached hydrogens (primary N) is 2. The highest BCUT2D eigenvalue weighted by atomic mass is 19.2. The molecule has 0 radical (unpaired) electrons. The van der Waals surface area contributed by atoms with Crippen LogP contribution in [0.4, 0.5) is 18.9 Å². The van der Waals surface area contributed by atoms with Gasteiger partial charge in [-0.3, -0.25) is 0 Å². The van der Waals surface area contributed by atoms with Crippen LogP contribution in [-0.4, -0.2) is 0 Å². The number of halogens is 3. The summed E-state index contributed by atoms with van der Waals surface area (Å²) in [6.07, 6.45) is 0.